The van der Waals surface area contributed by atoms with Crippen LogP contribution in [-0.2, 0) is 9.59 Å². The molecule has 1 aliphatic rings. The molecular formula is C13H17ClN4O4. The van der Waals surface area contributed by atoms with Gasteiger partial charge in [0, 0.05) is 38.3 Å². The Morgan fingerprint density at radius 3 is 2.14 bits per heavy atom. The third-order valence-electron chi connectivity index (χ3n) is 2.79. The quantitative estimate of drug-likeness (QED) is 0.776. The molecule has 0 aliphatic carbocycles. The van der Waals surface area contributed by atoms with Gasteiger partial charge in [0.15, 0.2) is 0 Å². The molecule has 0 unspecified atom stereocenters. The van der Waals surface area contributed by atoms with E-state index in [0.717, 1.165) is 32.0 Å². The third-order valence-corrected chi connectivity index (χ3v) is 2.97. The van der Waals surface area contributed by atoms with Crippen molar-refractivity contribution in [2.45, 2.75) is 0 Å². The molecule has 2 rings (SSSR count). The summed E-state index contributed by atoms with van der Waals surface area (Å²) in [5.74, 6) is -1.63. The first kappa shape index (κ1) is 17.9. The number of aliphatic carboxylic acids is 2. The Kier molecular flexibility index (Phi) is 7.27. The summed E-state index contributed by atoms with van der Waals surface area (Å²) in [4.78, 5) is 31.9. The van der Waals surface area contributed by atoms with Gasteiger partial charge in [0.25, 0.3) is 0 Å². The van der Waals surface area contributed by atoms with Crippen LogP contribution >= 0.6 is 11.6 Å². The summed E-state index contributed by atoms with van der Waals surface area (Å²) < 4.78 is 0. The highest BCUT2D eigenvalue weighted by molar-refractivity contribution is 6.29. The summed E-state index contributed by atoms with van der Waals surface area (Å²) in [5.41, 5.74) is 0. The standard InChI is InChI=1S/C9H13ClN4.C4H4O4/c1-13-2-4-14(5-3-13)9-7-11-6-8(10)12-9;5-3(6)1-2-4(7)8/h6-7H,2-5H2,1H3;1-2H,(H,5,6)(H,7,8)/b;2-1+. The van der Waals surface area contributed by atoms with E-state index in [1.807, 2.05) is 0 Å². The van der Waals surface area contributed by atoms with Crippen molar-refractivity contribution in [1.29, 1.82) is 0 Å². The lowest BCUT2D eigenvalue weighted by Gasteiger charge is -2.32. The van der Waals surface area contributed by atoms with Crippen LogP contribution in [0.25, 0.3) is 0 Å². The van der Waals surface area contributed by atoms with Crippen molar-refractivity contribution in [2.24, 2.45) is 0 Å². The summed E-state index contributed by atoms with van der Waals surface area (Å²) in [6, 6.07) is 0. The molecule has 1 saturated heterocycles. The summed E-state index contributed by atoms with van der Waals surface area (Å²) in [6.45, 7) is 4.11. The van der Waals surface area contributed by atoms with Crippen molar-refractivity contribution in [3.63, 3.8) is 0 Å². The van der Waals surface area contributed by atoms with Crippen LogP contribution in [0.3, 0.4) is 0 Å². The molecule has 2 N–H and O–H groups in total. The fourth-order valence-electron chi connectivity index (χ4n) is 1.66. The van der Waals surface area contributed by atoms with E-state index in [1.54, 1.807) is 12.4 Å². The van der Waals surface area contributed by atoms with Gasteiger partial charge in [0.1, 0.15) is 11.0 Å². The van der Waals surface area contributed by atoms with Crippen LogP contribution in [0.1, 0.15) is 0 Å². The van der Waals surface area contributed by atoms with Crippen LogP contribution in [0.2, 0.25) is 5.15 Å². The molecule has 0 saturated carbocycles. The van der Waals surface area contributed by atoms with Crippen molar-refractivity contribution in [3.8, 4) is 0 Å². The second-order valence-corrected chi connectivity index (χ2v) is 4.89. The largest absolute Gasteiger partial charge is 0.478 e. The minimum Gasteiger partial charge on any atom is -0.478 e. The number of hydrogen-bond acceptors (Lipinski definition) is 6. The lowest BCUT2D eigenvalue weighted by atomic mass is 10.3. The number of halogens is 1. The predicted octanol–water partition coefficient (Wildman–Crippen LogP) is 0.594. The van der Waals surface area contributed by atoms with E-state index in [9.17, 15) is 9.59 Å². The lowest BCUT2D eigenvalue weighted by Crippen LogP contribution is -2.44. The summed E-state index contributed by atoms with van der Waals surface area (Å²) in [5, 5.41) is 16.1. The fraction of sp³-hybridized carbons (Fsp3) is 0.385. The second kappa shape index (κ2) is 8.96. The highest BCUT2D eigenvalue weighted by Gasteiger charge is 2.15. The molecule has 0 radical (unpaired) electrons. The third kappa shape index (κ3) is 7.00. The molecule has 120 valence electrons. The van der Waals surface area contributed by atoms with Gasteiger partial charge in [-0.05, 0) is 7.05 Å². The summed E-state index contributed by atoms with van der Waals surface area (Å²) >= 11 is 5.78. The number of aromatic nitrogens is 2. The van der Waals surface area contributed by atoms with Crippen LogP contribution < -0.4 is 4.90 Å². The number of rotatable bonds is 3. The van der Waals surface area contributed by atoms with Gasteiger partial charge in [0.2, 0.25) is 0 Å². The molecule has 1 aliphatic heterocycles. The molecule has 0 aromatic carbocycles. The Morgan fingerprint density at radius 2 is 1.68 bits per heavy atom. The van der Waals surface area contributed by atoms with E-state index in [0.29, 0.717) is 17.3 Å². The van der Waals surface area contributed by atoms with Crippen molar-refractivity contribution in [2.75, 3.05) is 38.1 Å². The highest BCUT2D eigenvalue weighted by Crippen LogP contribution is 2.13. The van der Waals surface area contributed by atoms with E-state index in [1.165, 1.54) is 0 Å². The maximum Gasteiger partial charge on any atom is 0.328 e. The first-order chi connectivity index (χ1) is 10.4. The maximum absolute atomic E-state index is 9.55. The first-order valence-electron chi connectivity index (χ1n) is 6.43. The number of hydrogen-bond donors (Lipinski definition) is 2. The topological polar surface area (TPSA) is 107 Å². The zero-order valence-corrected chi connectivity index (χ0v) is 12.8. The van der Waals surface area contributed by atoms with Crippen molar-refractivity contribution >= 4 is 29.4 Å². The Labute approximate surface area is 132 Å². The first-order valence-corrected chi connectivity index (χ1v) is 6.81. The second-order valence-electron chi connectivity index (χ2n) is 4.50. The minimum absolute atomic E-state index is 0.460. The van der Waals surface area contributed by atoms with Gasteiger partial charge in [-0.15, -0.1) is 0 Å². The number of carboxylic acids is 2. The number of nitrogens with zero attached hydrogens (tertiary/aromatic N) is 4. The Balaban J connectivity index is 0.000000261. The predicted molar refractivity (Wildman–Crippen MR) is 81.2 cm³/mol. The Bertz CT molecular complexity index is 529. The molecule has 0 spiro atoms. The molecule has 2 heterocycles. The van der Waals surface area contributed by atoms with Gasteiger partial charge in [0.05, 0.1) is 12.4 Å². The number of carbonyl (C=O) groups is 2. The van der Waals surface area contributed by atoms with Crippen LogP contribution in [0, 0.1) is 0 Å². The average Bonchev–Trinajstić information content (AvgIpc) is 2.46. The number of anilines is 1. The van der Waals surface area contributed by atoms with Crippen molar-refractivity contribution < 1.29 is 19.8 Å². The molecule has 0 atom stereocenters. The minimum atomic E-state index is -1.26. The number of piperazine rings is 1. The monoisotopic (exact) mass is 328 g/mol. The normalized spacial score (nSPS) is 15.3. The lowest BCUT2D eigenvalue weighted by molar-refractivity contribution is -0.134. The molecular weight excluding hydrogens is 312 g/mol. The van der Waals surface area contributed by atoms with Gasteiger partial charge in [-0.1, -0.05) is 11.6 Å². The van der Waals surface area contributed by atoms with Crippen molar-refractivity contribution in [3.05, 3.63) is 29.7 Å². The molecule has 22 heavy (non-hydrogen) atoms. The molecule has 1 aromatic rings. The molecule has 1 fully saturated rings. The van der Waals surface area contributed by atoms with E-state index in [2.05, 4.69) is 26.8 Å². The zero-order chi connectivity index (χ0) is 16.5. The average molecular weight is 329 g/mol. The van der Waals surface area contributed by atoms with Gasteiger partial charge < -0.3 is 20.0 Å². The number of carboxylic acid groups (broad SMARTS) is 2. The smallest absolute Gasteiger partial charge is 0.328 e. The van der Waals surface area contributed by atoms with E-state index >= 15 is 0 Å². The molecule has 1 aromatic heterocycles. The molecule has 9 heteroatoms. The zero-order valence-electron chi connectivity index (χ0n) is 12.0. The van der Waals surface area contributed by atoms with Crippen LogP contribution in [-0.4, -0.2) is 70.2 Å². The van der Waals surface area contributed by atoms with E-state index in [-0.39, 0.29) is 0 Å². The van der Waals surface area contributed by atoms with Crippen molar-refractivity contribution in [1.82, 2.24) is 14.9 Å². The Hall–Kier alpha value is -2.19. The molecule has 0 amide bonds. The van der Waals surface area contributed by atoms with Crippen LogP contribution in [0.15, 0.2) is 24.5 Å². The highest BCUT2D eigenvalue weighted by atomic mass is 35.5. The van der Waals surface area contributed by atoms with Crippen LogP contribution in [0.4, 0.5) is 5.82 Å². The SMILES string of the molecule is CN1CCN(c2cncc(Cl)n2)CC1.O=C(O)/C=C/C(=O)O. The van der Waals surface area contributed by atoms with Gasteiger partial charge in [-0.25, -0.2) is 14.6 Å². The Morgan fingerprint density at radius 1 is 1.14 bits per heavy atom. The van der Waals surface area contributed by atoms with Crippen LogP contribution in [0.5, 0.6) is 0 Å². The van der Waals surface area contributed by atoms with E-state index in [4.69, 9.17) is 21.8 Å². The molecule has 8 nitrogen and oxygen atoms in total. The van der Waals surface area contributed by atoms with Gasteiger partial charge >= 0.3 is 11.9 Å². The maximum atomic E-state index is 9.55. The number of likely N-dealkylation sites (N-methyl/N-ethyl adjacent to an activating group) is 1. The van der Waals surface area contributed by atoms with Gasteiger partial charge in [-0.2, -0.15) is 0 Å². The summed E-state index contributed by atoms with van der Waals surface area (Å²) in [6.07, 6.45) is 4.43. The fourth-order valence-corrected chi connectivity index (χ4v) is 1.81. The van der Waals surface area contributed by atoms with E-state index < -0.39 is 11.9 Å². The van der Waals surface area contributed by atoms with Gasteiger partial charge in [-0.3, -0.25) is 4.98 Å². The summed E-state index contributed by atoms with van der Waals surface area (Å²) in [7, 11) is 2.13. The molecule has 0 bridgehead atoms.